The maximum atomic E-state index is 12.1. The molecule has 1 N–H and O–H groups in total. The number of carbonyl (C=O) groups excluding carboxylic acids is 1. The van der Waals surface area contributed by atoms with Gasteiger partial charge < -0.3 is 10.1 Å². The van der Waals surface area contributed by atoms with Crippen LogP contribution in [0.4, 0.5) is 0 Å². The van der Waals surface area contributed by atoms with E-state index in [-0.39, 0.29) is 5.91 Å². The van der Waals surface area contributed by atoms with Crippen LogP contribution in [0.25, 0.3) is 0 Å². The van der Waals surface area contributed by atoms with Crippen LogP contribution in [-0.4, -0.2) is 25.2 Å². The summed E-state index contributed by atoms with van der Waals surface area (Å²) in [5.41, 5.74) is 0.652. The van der Waals surface area contributed by atoms with Gasteiger partial charge in [0.1, 0.15) is 0 Å². The van der Waals surface area contributed by atoms with E-state index in [1.54, 1.807) is 0 Å². The lowest BCUT2D eigenvalue weighted by Gasteiger charge is -2.22. The minimum Gasteiger partial charge on any atom is -0.378 e. The average Bonchev–Trinajstić information content (AvgIpc) is 2.42. The molecule has 19 heavy (non-hydrogen) atoms. The molecule has 1 heterocycles. The molecule has 1 aromatic rings. The number of carbonyl (C=O) groups is 1. The fourth-order valence-electron chi connectivity index (χ4n) is 2.15. The molecule has 1 aromatic carbocycles. The fourth-order valence-corrected chi connectivity index (χ4v) is 2.94. The number of halogens is 2. The van der Waals surface area contributed by atoms with Crippen molar-refractivity contribution in [2.75, 3.05) is 13.2 Å². The normalized spacial score (nSPS) is 19.2. The summed E-state index contributed by atoms with van der Waals surface area (Å²) in [5, 5.41) is 2.94. The predicted molar refractivity (Wildman–Crippen MR) is 82.4 cm³/mol. The highest BCUT2D eigenvalue weighted by Crippen LogP contribution is 2.21. The van der Waals surface area contributed by atoms with Gasteiger partial charge in [0, 0.05) is 22.1 Å². The molecule has 1 atom stereocenters. The first-order valence-corrected chi connectivity index (χ1v) is 8.10. The zero-order valence-corrected chi connectivity index (χ0v) is 13.8. The summed E-state index contributed by atoms with van der Waals surface area (Å²) < 4.78 is 7.35. The van der Waals surface area contributed by atoms with Gasteiger partial charge in [0.2, 0.25) is 0 Å². The minimum absolute atomic E-state index is 0.0519. The third kappa shape index (κ3) is 4.58. The largest absolute Gasteiger partial charge is 0.378 e. The molecule has 0 aliphatic carbocycles. The maximum Gasteiger partial charge on any atom is 0.252 e. The van der Waals surface area contributed by atoms with Crippen LogP contribution in [0.1, 0.15) is 36.0 Å². The molecule has 104 valence electrons. The Morgan fingerprint density at radius 1 is 1.37 bits per heavy atom. The maximum absolute atomic E-state index is 12.1. The van der Waals surface area contributed by atoms with Crippen LogP contribution < -0.4 is 5.32 Å². The molecule has 1 aliphatic rings. The molecule has 3 nitrogen and oxygen atoms in total. The van der Waals surface area contributed by atoms with Crippen LogP contribution in [0.5, 0.6) is 0 Å². The highest BCUT2D eigenvalue weighted by molar-refractivity contribution is 9.11. The van der Waals surface area contributed by atoms with Crippen molar-refractivity contribution in [1.82, 2.24) is 5.32 Å². The summed E-state index contributed by atoms with van der Waals surface area (Å²) in [4.78, 5) is 12.1. The Morgan fingerprint density at radius 2 is 2.21 bits per heavy atom. The Hall–Kier alpha value is -0.390. The molecule has 1 fully saturated rings. The molecule has 0 radical (unpaired) electrons. The van der Waals surface area contributed by atoms with Crippen LogP contribution in [0.2, 0.25) is 0 Å². The van der Waals surface area contributed by atoms with Gasteiger partial charge in [-0.05, 0) is 59.8 Å². The Balaban J connectivity index is 1.82. The van der Waals surface area contributed by atoms with Crippen molar-refractivity contribution in [2.45, 2.75) is 31.8 Å². The van der Waals surface area contributed by atoms with E-state index in [9.17, 15) is 4.79 Å². The third-order valence-corrected chi connectivity index (χ3v) is 4.38. The summed E-state index contributed by atoms with van der Waals surface area (Å²) >= 11 is 6.77. The van der Waals surface area contributed by atoms with Crippen molar-refractivity contribution in [1.29, 1.82) is 0 Å². The lowest BCUT2D eigenvalue weighted by Crippen LogP contribution is -2.29. The third-order valence-electron chi connectivity index (χ3n) is 3.20. The smallest absolute Gasteiger partial charge is 0.252 e. The van der Waals surface area contributed by atoms with Crippen molar-refractivity contribution in [3.8, 4) is 0 Å². The van der Waals surface area contributed by atoms with E-state index in [2.05, 4.69) is 37.2 Å². The molecule has 1 amide bonds. The molecule has 2 rings (SSSR count). The topological polar surface area (TPSA) is 38.3 Å². The summed E-state index contributed by atoms with van der Waals surface area (Å²) in [6.45, 7) is 1.51. The van der Waals surface area contributed by atoms with Gasteiger partial charge in [0.05, 0.1) is 11.7 Å². The van der Waals surface area contributed by atoms with E-state index >= 15 is 0 Å². The van der Waals surface area contributed by atoms with Crippen molar-refractivity contribution in [3.63, 3.8) is 0 Å². The molecule has 0 saturated carbocycles. The lowest BCUT2D eigenvalue weighted by molar-refractivity contribution is 0.0117. The monoisotopic (exact) mass is 389 g/mol. The molecule has 0 bridgehead atoms. The first-order chi connectivity index (χ1) is 9.16. The molecule has 0 aromatic heterocycles. The number of rotatable bonds is 4. The van der Waals surface area contributed by atoms with E-state index in [1.165, 1.54) is 6.42 Å². The summed E-state index contributed by atoms with van der Waals surface area (Å²) in [6.07, 6.45) is 4.69. The van der Waals surface area contributed by atoms with Gasteiger partial charge in [-0.2, -0.15) is 0 Å². The van der Waals surface area contributed by atoms with Crippen molar-refractivity contribution >= 4 is 37.8 Å². The minimum atomic E-state index is -0.0519. The lowest BCUT2D eigenvalue weighted by atomic mass is 10.1. The van der Waals surface area contributed by atoms with E-state index < -0.39 is 0 Å². The van der Waals surface area contributed by atoms with Gasteiger partial charge in [-0.1, -0.05) is 15.9 Å². The molecule has 1 aliphatic heterocycles. The molecule has 1 unspecified atom stereocenters. The first kappa shape index (κ1) is 15.0. The average molecular weight is 391 g/mol. The van der Waals surface area contributed by atoms with Gasteiger partial charge in [0.25, 0.3) is 5.91 Å². The second-order valence-electron chi connectivity index (χ2n) is 4.66. The standard InChI is InChI=1S/C14H17Br2NO2/c15-10-4-5-13(16)12(9-10)14(18)17-7-6-11-3-1-2-8-19-11/h4-5,9,11H,1-3,6-8H2,(H,17,18). The van der Waals surface area contributed by atoms with Crippen LogP contribution in [0.3, 0.4) is 0 Å². The highest BCUT2D eigenvalue weighted by Gasteiger charge is 2.15. The summed E-state index contributed by atoms with van der Waals surface area (Å²) in [6, 6.07) is 5.58. The van der Waals surface area contributed by atoms with Gasteiger partial charge in [-0.3, -0.25) is 4.79 Å². The van der Waals surface area contributed by atoms with E-state index in [1.807, 2.05) is 18.2 Å². The zero-order valence-electron chi connectivity index (χ0n) is 10.6. The van der Waals surface area contributed by atoms with Gasteiger partial charge in [-0.25, -0.2) is 0 Å². The van der Waals surface area contributed by atoms with Crippen molar-refractivity contribution in [2.24, 2.45) is 0 Å². The number of hydrogen-bond acceptors (Lipinski definition) is 2. The Kier molecular flexibility index (Phi) is 5.85. The summed E-state index contributed by atoms with van der Waals surface area (Å²) in [5.74, 6) is -0.0519. The number of benzene rings is 1. The van der Waals surface area contributed by atoms with Crippen LogP contribution in [0.15, 0.2) is 27.1 Å². The van der Waals surface area contributed by atoms with E-state index in [4.69, 9.17) is 4.74 Å². The highest BCUT2D eigenvalue weighted by atomic mass is 79.9. The van der Waals surface area contributed by atoms with Gasteiger partial charge >= 0.3 is 0 Å². The van der Waals surface area contributed by atoms with Crippen molar-refractivity contribution in [3.05, 3.63) is 32.7 Å². The second kappa shape index (κ2) is 7.41. The summed E-state index contributed by atoms with van der Waals surface area (Å²) in [7, 11) is 0. The number of amides is 1. The molecule has 5 heteroatoms. The number of ether oxygens (including phenoxy) is 1. The van der Waals surface area contributed by atoms with E-state index in [0.717, 1.165) is 34.8 Å². The van der Waals surface area contributed by atoms with Gasteiger partial charge in [0.15, 0.2) is 0 Å². The number of hydrogen-bond donors (Lipinski definition) is 1. The zero-order chi connectivity index (χ0) is 13.7. The molecule has 0 spiro atoms. The van der Waals surface area contributed by atoms with Crippen LogP contribution in [0, 0.1) is 0 Å². The fraction of sp³-hybridized carbons (Fsp3) is 0.500. The van der Waals surface area contributed by atoms with Crippen LogP contribution >= 0.6 is 31.9 Å². The Labute approximate surface area is 130 Å². The van der Waals surface area contributed by atoms with Gasteiger partial charge in [-0.15, -0.1) is 0 Å². The second-order valence-corrected chi connectivity index (χ2v) is 6.43. The quantitative estimate of drug-likeness (QED) is 0.846. The molecular formula is C14H17Br2NO2. The Bertz CT molecular complexity index is 445. The molecular weight excluding hydrogens is 374 g/mol. The van der Waals surface area contributed by atoms with Crippen LogP contribution in [-0.2, 0) is 4.74 Å². The van der Waals surface area contributed by atoms with E-state index in [0.29, 0.717) is 18.2 Å². The predicted octanol–water partition coefficient (Wildman–Crippen LogP) is 3.90. The van der Waals surface area contributed by atoms with Crippen molar-refractivity contribution < 1.29 is 9.53 Å². The first-order valence-electron chi connectivity index (χ1n) is 6.51. The molecule has 1 saturated heterocycles. The number of nitrogens with one attached hydrogen (secondary N) is 1. The SMILES string of the molecule is O=C(NCCC1CCCCO1)c1cc(Br)ccc1Br. The Morgan fingerprint density at radius 3 is 2.95 bits per heavy atom.